The highest BCUT2D eigenvalue weighted by atomic mass is 32.1. The fourth-order valence-corrected chi connectivity index (χ4v) is 3.87. The summed E-state index contributed by atoms with van der Waals surface area (Å²) in [7, 11) is 0. The molecule has 1 aromatic heterocycles. The molecule has 1 spiro atoms. The van der Waals surface area contributed by atoms with E-state index in [2.05, 4.69) is 14.9 Å². The number of carbonyl (C=O) groups excluding carboxylic acids is 1. The first kappa shape index (κ1) is 13.0. The number of hydrogen-bond acceptors (Lipinski definition) is 5. The summed E-state index contributed by atoms with van der Waals surface area (Å²) in [6, 6.07) is 0. The molecule has 2 aliphatic rings. The number of piperidine rings is 1. The summed E-state index contributed by atoms with van der Waals surface area (Å²) in [6.45, 7) is 6.02. The predicted molar refractivity (Wildman–Crippen MR) is 74.3 cm³/mol. The maximum absolute atomic E-state index is 12.5. The fourth-order valence-electron chi connectivity index (χ4n) is 3.15. The number of nitrogens with zero attached hydrogens (tertiary/aromatic N) is 3. The second kappa shape index (κ2) is 5.17. The van der Waals surface area contributed by atoms with E-state index in [9.17, 15) is 4.79 Å². The Hall–Kier alpha value is -1.01. The second-order valence-corrected chi connectivity index (χ2v) is 6.38. The Morgan fingerprint density at radius 1 is 1.42 bits per heavy atom. The van der Waals surface area contributed by atoms with Gasteiger partial charge in [-0.15, -0.1) is 5.10 Å². The molecule has 0 aliphatic carbocycles. The Labute approximate surface area is 117 Å². The van der Waals surface area contributed by atoms with Crippen LogP contribution in [0.1, 0.15) is 41.6 Å². The lowest BCUT2D eigenvalue weighted by Crippen LogP contribution is -2.44. The number of amides is 1. The molecule has 5 nitrogen and oxygen atoms in total. The molecule has 104 valence electrons. The minimum absolute atomic E-state index is 0.132. The van der Waals surface area contributed by atoms with Crippen LogP contribution in [0.2, 0.25) is 0 Å². The molecule has 6 heteroatoms. The first-order chi connectivity index (χ1) is 9.24. The molecule has 0 aromatic carbocycles. The van der Waals surface area contributed by atoms with Crippen molar-refractivity contribution in [3.8, 4) is 0 Å². The molecule has 0 saturated carbocycles. The van der Waals surface area contributed by atoms with Crippen molar-refractivity contribution in [3.05, 3.63) is 10.6 Å². The number of hydrogen-bond donors (Lipinski definition) is 1. The predicted octanol–water partition coefficient (Wildman–Crippen LogP) is 1.32. The molecule has 3 heterocycles. The van der Waals surface area contributed by atoms with E-state index in [1.54, 1.807) is 0 Å². The molecule has 1 aromatic rings. The SMILES string of the molecule is CCc1nnsc1C(=O)N1CCC2(CCNC2)CC1. The maximum atomic E-state index is 12.5. The molecule has 19 heavy (non-hydrogen) atoms. The van der Waals surface area contributed by atoms with E-state index in [1.807, 2.05) is 11.8 Å². The van der Waals surface area contributed by atoms with Crippen molar-refractivity contribution in [1.82, 2.24) is 19.8 Å². The summed E-state index contributed by atoms with van der Waals surface area (Å²) in [5.74, 6) is 0.132. The molecule has 0 bridgehead atoms. The minimum Gasteiger partial charge on any atom is -0.338 e. The number of rotatable bonds is 2. The van der Waals surface area contributed by atoms with Crippen LogP contribution in [0.15, 0.2) is 0 Å². The van der Waals surface area contributed by atoms with Crippen molar-refractivity contribution in [2.75, 3.05) is 26.2 Å². The van der Waals surface area contributed by atoms with Gasteiger partial charge in [0.15, 0.2) is 0 Å². The zero-order valence-electron chi connectivity index (χ0n) is 11.3. The molecule has 0 radical (unpaired) electrons. The number of aromatic nitrogens is 2. The van der Waals surface area contributed by atoms with Gasteiger partial charge in [-0.25, -0.2) is 0 Å². The van der Waals surface area contributed by atoms with E-state index >= 15 is 0 Å². The summed E-state index contributed by atoms with van der Waals surface area (Å²) < 4.78 is 3.91. The Kier molecular flexibility index (Phi) is 3.54. The Bertz CT molecular complexity index is 457. The zero-order valence-corrected chi connectivity index (χ0v) is 12.1. The van der Waals surface area contributed by atoms with Crippen molar-refractivity contribution < 1.29 is 4.79 Å². The van der Waals surface area contributed by atoms with Gasteiger partial charge in [-0.05, 0) is 49.2 Å². The molecule has 1 N–H and O–H groups in total. The van der Waals surface area contributed by atoms with Gasteiger partial charge in [-0.3, -0.25) is 4.79 Å². The van der Waals surface area contributed by atoms with Gasteiger partial charge in [0, 0.05) is 19.6 Å². The molecular formula is C13H20N4OS. The van der Waals surface area contributed by atoms with Crippen molar-refractivity contribution in [1.29, 1.82) is 0 Å². The van der Waals surface area contributed by atoms with Gasteiger partial charge >= 0.3 is 0 Å². The van der Waals surface area contributed by atoms with E-state index in [0.29, 0.717) is 5.41 Å². The molecular weight excluding hydrogens is 260 g/mol. The molecule has 2 saturated heterocycles. The summed E-state index contributed by atoms with van der Waals surface area (Å²) in [4.78, 5) is 15.2. The zero-order chi connectivity index (χ0) is 13.3. The number of likely N-dealkylation sites (tertiary alicyclic amines) is 1. The van der Waals surface area contributed by atoms with Crippen LogP contribution in [0.3, 0.4) is 0 Å². The average Bonchev–Trinajstić information content (AvgIpc) is 3.08. The van der Waals surface area contributed by atoms with Gasteiger partial charge in [0.1, 0.15) is 4.88 Å². The third-order valence-electron chi connectivity index (χ3n) is 4.53. The van der Waals surface area contributed by atoms with Gasteiger partial charge in [0.2, 0.25) is 0 Å². The monoisotopic (exact) mass is 280 g/mol. The third-order valence-corrected chi connectivity index (χ3v) is 5.28. The average molecular weight is 280 g/mol. The van der Waals surface area contributed by atoms with Gasteiger partial charge in [0.05, 0.1) is 5.69 Å². The molecule has 2 fully saturated rings. The number of nitrogens with one attached hydrogen (secondary N) is 1. The van der Waals surface area contributed by atoms with Crippen molar-refractivity contribution in [2.45, 2.75) is 32.6 Å². The van der Waals surface area contributed by atoms with E-state index in [0.717, 1.165) is 56.0 Å². The van der Waals surface area contributed by atoms with E-state index in [1.165, 1.54) is 18.0 Å². The van der Waals surface area contributed by atoms with E-state index in [4.69, 9.17) is 0 Å². The van der Waals surface area contributed by atoms with Crippen LogP contribution >= 0.6 is 11.5 Å². The van der Waals surface area contributed by atoms with E-state index < -0.39 is 0 Å². The first-order valence-corrected chi connectivity index (χ1v) is 7.83. The smallest absolute Gasteiger partial charge is 0.267 e. The van der Waals surface area contributed by atoms with Gasteiger partial charge in [-0.2, -0.15) is 0 Å². The second-order valence-electron chi connectivity index (χ2n) is 5.62. The third kappa shape index (κ3) is 2.39. The summed E-state index contributed by atoms with van der Waals surface area (Å²) in [6.07, 6.45) is 4.29. The largest absolute Gasteiger partial charge is 0.338 e. The number of aryl methyl sites for hydroxylation is 1. The van der Waals surface area contributed by atoms with Crippen LogP contribution in [-0.4, -0.2) is 46.6 Å². The Morgan fingerprint density at radius 3 is 2.84 bits per heavy atom. The molecule has 0 unspecified atom stereocenters. The summed E-state index contributed by atoms with van der Waals surface area (Å²) in [5.41, 5.74) is 1.30. The molecule has 3 rings (SSSR count). The van der Waals surface area contributed by atoms with E-state index in [-0.39, 0.29) is 5.91 Å². The lowest BCUT2D eigenvalue weighted by Gasteiger charge is -2.38. The van der Waals surface area contributed by atoms with Crippen LogP contribution in [0.4, 0.5) is 0 Å². The normalized spacial score (nSPS) is 22.1. The lowest BCUT2D eigenvalue weighted by molar-refractivity contribution is 0.0611. The van der Waals surface area contributed by atoms with Crippen LogP contribution < -0.4 is 5.32 Å². The maximum Gasteiger partial charge on any atom is 0.267 e. The Balaban J connectivity index is 1.66. The molecule has 1 amide bonds. The van der Waals surface area contributed by atoms with Gasteiger partial charge in [0.25, 0.3) is 5.91 Å². The first-order valence-electron chi connectivity index (χ1n) is 7.05. The topological polar surface area (TPSA) is 58.1 Å². The van der Waals surface area contributed by atoms with Gasteiger partial charge in [-0.1, -0.05) is 11.4 Å². The standard InChI is InChI=1S/C13H20N4OS/c1-2-10-11(19-16-15-10)12(18)17-7-4-13(5-8-17)3-6-14-9-13/h14H,2-9H2,1H3. The van der Waals surface area contributed by atoms with Crippen molar-refractivity contribution in [3.63, 3.8) is 0 Å². The van der Waals surface area contributed by atoms with Crippen LogP contribution in [-0.2, 0) is 6.42 Å². The van der Waals surface area contributed by atoms with Crippen LogP contribution in [0.5, 0.6) is 0 Å². The summed E-state index contributed by atoms with van der Waals surface area (Å²) >= 11 is 1.23. The highest BCUT2D eigenvalue weighted by Gasteiger charge is 2.38. The highest BCUT2D eigenvalue weighted by molar-refractivity contribution is 7.08. The number of carbonyl (C=O) groups is 1. The minimum atomic E-state index is 0.132. The molecule has 0 atom stereocenters. The van der Waals surface area contributed by atoms with Gasteiger partial charge < -0.3 is 10.2 Å². The quantitative estimate of drug-likeness (QED) is 0.887. The Morgan fingerprint density at radius 2 is 2.21 bits per heavy atom. The summed E-state index contributed by atoms with van der Waals surface area (Å²) in [5, 5.41) is 7.48. The van der Waals surface area contributed by atoms with Crippen molar-refractivity contribution >= 4 is 17.4 Å². The molecule has 2 aliphatic heterocycles. The highest BCUT2D eigenvalue weighted by Crippen LogP contribution is 2.37. The van der Waals surface area contributed by atoms with Crippen molar-refractivity contribution in [2.24, 2.45) is 5.41 Å². The van der Waals surface area contributed by atoms with Crippen LogP contribution in [0.25, 0.3) is 0 Å². The fraction of sp³-hybridized carbons (Fsp3) is 0.769. The lowest BCUT2D eigenvalue weighted by atomic mass is 9.78. The van der Waals surface area contributed by atoms with Crippen LogP contribution in [0, 0.1) is 5.41 Å².